The Morgan fingerprint density at radius 3 is 2.61 bits per heavy atom. The number of aromatic nitrogens is 2. The van der Waals surface area contributed by atoms with Gasteiger partial charge in [-0.15, -0.1) is 0 Å². The third-order valence-corrected chi connectivity index (χ3v) is 6.01. The average Bonchev–Trinajstić information content (AvgIpc) is 3.13. The minimum absolute atomic E-state index is 0.819. The number of hydrogen-bond donors (Lipinski definition) is 0. The molecule has 3 aliphatic rings. The predicted molar refractivity (Wildman–Crippen MR) is 92.2 cm³/mol. The summed E-state index contributed by atoms with van der Waals surface area (Å²) in [6.07, 6.45) is 6.18. The molecule has 1 saturated carbocycles. The van der Waals surface area contributed by atoms with Crippen molar-refractivity contribution in [3.63, 3.8) is 0 Å². The molecule has 0 radical (unpaired) electrons. The SMILES string of the molecule is Cc1ccc(-c2cnc3n2C[C@@H]2CN(CC4CC4)C[C@@H]2C3)cc1. The number of imidazole rings is 1. The molecule has 1 aliphatic carbocycles. The zero-order valence-electron chi connectivity index (χ0n) is 13.9. The summed E-state index contributed by atoms with van der Waals surface area (Å²) in [5, 5.41) is 0. The Balaban J connectivity index is 1.39. The molecule has 0 spiro atoms. The van der Waals surface area contributed by atoms with E-state index in [9.17, 15) is 0 Å². The fourth-order valence-electron chi connectivity index (χ4n) is 4.49. The van der Waals surface area contributed by atoms with Crippen molar-refractivity contribution in [2.75, 3.05) is 19.6 Å². The van der Waals surface area contributed by atoms with E-state index in [1.54, 1.807) is 0 Å². The topological polar surface area (TPSA) is 21.1 Å². The van der Waals surface area contributed by atoms with Gasteiger partial charge in [0.15, 0.2) is 0 Å². The summed E-state index contributed by atoms with van der Waals surface area (Å²) in [5.74, 6) is 3.96. The molecule has 2 fully saturated rings. The van der Waals surface area contributed by atoms with E-state index in [0.717, 1.165) is 30.7 Å². The van der Waals surface area contributed by atoms with E-state index in [2.05, 4.69) is 46.9 Å². The summed E-state index contributed by atoms with van der Waals surface area (Å²) in [6.45, 7) is 7.25. The van der Waals surface area contributed by atoms with Crippen molar-refractivity contribution in [1.82, 2.24) is 14.5 Å². The van der Waals surface area contributed by atoms with E-state index >= 15 is 0 Å². The summed E-state index contributed by atoms with van der Waals surface area (Å²) >= 11 is 0. The van der Waals surface area contributed by atoms with Crippen molar-refractivity contribution in [2.45, 2.75) is 32.7 Å². The van der Waals surface area contributed by atoms with Gasteiger partial charge >= 0.3 is 0 Å². The maximum atomic E-state index is 4.76. The van der Waals surface area contributed by atoms with Gasteiger partial charge in [0.2, 0.25) is 0 Å². The Kier molecular flexibility index (Phi) is 3.12. The quantitative estimate of drug-likeness (QED) is 0.867. The van der Waals surface area contributed by atoms with Gasteiger partial charge in [0.25, 0.3) is 0 Å². The van der Waals surface area contributed by atoms with Gasteiger partial charge in [-0.25, -0.2) is 4.98 Å². The molecule has 3 nitrogen and oxygen atoms in total. The third-order valence-electron chi connectivity index (χ3n) is 6.01. The second kappa shape index (κ2) is 5.20. The number of likely N-dealkylation sites (tertiary alicyclic amines) is 1. The molecule has 1 aromatic heterocycles. The van der Waals surface area contributed by atoms with Crippen LogP contribution in [-0.4, -0.2) is 34.1 Å². The van der Waals surface area contributed by atoms with Gasteiger partial charge < -0.3 is 9.47 Å². The lowest BCUT2D eigenvalue weighted by atomic mass is 9.89. The van der Waals surface area contributed by atoms with Gasteiger partial charge in [0.1, 0.15) is 5.82 Å². The molecule has 23 heavy (non-hydrogen) atoms. The van der Waals surface area contributed by atoms with Gasteiger partial charge in [0, 0.05) is 32.6 Å². The van der Waals surface area contributed by atoms with Crippen LogP contribution in [0.1, 0.15) is 24.2 Å². The largest absolute Gasteiger partial charge is 0.328 e. The monoisotopic (exact) mass is 307 g/mol. The van der Waals surface area contributed by atoms with Crippen LogP contribution in [0, 0.1) is 24.7 Å². The number of benzene rings is 1. The molecule has 0 bridgehead atoms. The molecular formula is C20H25N3. The Labute approximate surface area is 138 Å². The first-order chi connectivity index (χ1) is 11.3. The zero-order chi connectivity index (χ0) is 15.4. The molecule has 2 atom stereocenters. The van der Waals surface area contributed by atoms with E-state index in [1.807, 2.05) is 0 Å². The lowest BCUT2D eigenvalue weighted by Gasteiger charge is -2.27. The first kappa shape index (κ1) is 13.8. The Hall–Kier alpha value is -1.61. The highest BCUT2D eigenvalue weighted by Crippen LogP contribution is 2.37. The van der Waals surface area contributed by atoms with E-state index < -0.39 is 0 Å². The van der Waals surface area contributed by atoms with Gasteiger partial charge in [-0.2, -0.15) is 0 Å². The molecule has 2 aromatic rings. The fraction of sp³-hybridized carbons (Fsp3) is 0.550. The summed E-state index contributed by atoms with van der Waals surface area (Å²) in [7, 11) is 0. The van der Waals surface area contributed by atoms with Gasteiger partial charge in [-0.1, -0.05) is 29.8 Å². The lowest BCUT2D eigenvalue weighted by molar-refractivity contribution is 0.303. The summed E-state index contributed by atoms with van der Waals surface area (Å²) in [4.78, 5) is 7.49. The number of nitrogens with zero attached hydrogens (tertiary/aromatic N) is 3. The van der Waals surface area contributed by atoms with Crippen molar-refractivity contribution < 1.29 is 0 Å². The van der Waals surface area contributed by atoms with Crippen LogP contribution in [0.2, 0.25) is 0 Å². The van der Waals surface area contributed by atoms with Gasteiger partial charge in [0.05, 0.1) is 11.9 Å². The third kappa shape index (κ3) is 2.51. The van der Waals surface area contributed by atoms with Gasteiger partial charge in [-0.3, -0.25) is 0 Å². The maximum absolute atomic E-state index is 4.76. The van der Waals surface area contributed by atoms with Crippen LogP contribution in [0.25, 0.3) is 11.3 Å². The standard InChI is InChI=1S/C20H25N3/c1-14-2-6-16(7-3-14)19-9-21-20-8-17-11-22(10-15-4-5-15)12-18(17)13-23(19)20/h2-3,6-7,9,15,17-18H,4-5,8,10-13H2,1H3/t17-,18-/m0/s1. The highest BCUT2D eigenvalue weighted by Gasteiger charge is 2.39. The molecule has 120 valence electrons. The van der Waals surface area contributed by atoms with Crippen LogP contribution in [0.3, 0.4) is 0 Å². The van der Waals surface area contributed by atoms with E-state index in [0.29, 0.717) is 0 Å². The van der Waals surface area contributed by atoms with Gasteiger partial charge in [-0.05, 0) is 43.1 Å². The maximum Gasteiger partial charge on any atom is 0.109 e. The molecule has 1 aromatic carbocycles. The van der Waals surface area contributed by atoms with Crippen LogP contribution in [0.15, 0.2) is 30.5 Å². The Morgan fingerprint density at radius 2 is 1.83 bits per heavy atom. The van der Waals surface area contributed by atoms with E-state index in [4.69, 9.17) is 4.98 Å². The molecule has 1 saturated heterocycles. The van der Waals surface area contributed by atoms with Crippen LogP contribution >= 0.6 is 0 Å². The van der Waals surface area contributed by atoms with Crippen LogP contribution < -0.4 is 0 Å². The highest BCUT2D eigenvalue weighted by atomic mass is 15.2. The second-order valence-electron chi connectivity index (χ2n) is 7.92. The number of hydrogen-bond acceptors (Lipinski definition) is 2. The molecule has 5 rings (SSSR count). The number of aryl methyl sites for hydroxylation is 1. The normalized spacial score (nSPS) is 27.0. The zero-order valence-corrected chi connectivity index (χ0v) is 13.9. The first-order valence-corrected chi connectivity index (χ1v) is 9.10. The Morgan fingerprint density at radius 1 is 1.04 bits per heavy atom. The predicted octanol–water partition coefficient (Wildman–Crippen LogP) is 3.37. The second-order valence-corrected chi connectivity index (χ2v) is 7.92. The number of fused-ring (bicyclic) bond motifs is 2. The fourth-order valence-corrected chi connectivity index (χ4v) is 4.49. The Bertz CT molecular complexity index is 711. The lowest BCUT2D eigenvalue weighted by Crippen LogP contribution is -2.28. The van der Waals surface area contributed by atoms with E-state index in [-0.39, 0.29) is 0 Å². The van der Waals surface area contributed by atoms with Crippen molar-refractivity contribution in [3.8, 4) is 11.3 Å². The first-order valence-electron chi connectivity index (χ1n) is 9.10. The molecule has 2 aliphatic heterocycles. The smallest absolute Gasteiger partial charge is 0.109 e. The highest BCUT2D eigenvalue weighted by molar-refractivity contribution is 5.60. The molecule has 0 unspecified atom stereocenters. The average molecular weight is 307 g/mol. The minimum Gasteiger partial charge on any atom is -0.328 e. The van der Waals surface area contributed by atoms with Crippen LogP contribution in [0.5, 0.6) is 0 Å². The molecular weight excluding hydrogens is 282 g/mol. The summed E-state index contributed by atoms with van der Waals surface area (Å²) < 4.78 is 2.49. The minimum atomic E-state index is 0.819. The van der Waals surface area contributed by atoms with Crippen LogP contribution in [0.4, 0.5) is 0 Å². The van der Waals surface area contributed by atoms with Crippen molar-refractivity contribution in [3.05, 3.63) is 41.9 Å². The van der Waals surface area contributed by atoms with Crippen molar-refractivity contribution in [1.29, 1.82) is 0 Å². The number of rotatable bonds is 3. The van der Waals surface area contributed by atoms with E-state index in [1.165, 1.54) is 55.1 Å². The molecule has 3 heteroatoms. The van der Waals surface area contributed by atoms with Crippen molar-refractivity contribution in [2.24, 2.45) is 17.8 Å². The molecule has 0 N–H and O–H groups in total. The summed E-state index contributed by atoms with van der Waals surface area (Å²) in [5.41, 5.74) is 3.93. The molecule has 3 heterocycles. The molecule has 0 amide bonds. The van der Waals surface area contributed by atoms with Crippen LogP contribution in [-0.2, 0) is 13.0 Å². The van der Waals surface area contributed by atoms with Crippen molar-refractivity contribution >= 4 is 0 Å². The summed E-state index contributed by atoms with van der Waals surface area (Å²) in [6, 6.07) is 8.88.